The molecule has 0 fully saturated rings. The molecular formula is C19H19NO4. The van der Waals surface area contributed by atoms with Gasteiger partial charge in [0, 0.05) is 18.8 Å². The van der Waals surface area contributed by atoms with Gasteiger partial charge in [0.2, 0.25) is 11.5 Å². The van der Waals surface area contributed by atoms with E-state index in [4.69, 9.17) is 4.74 Å². The van der Waals surface area contributed by atoms with Crippen molar-refractivity contribution in [2.24, 2.45) is 0 Å². The summed E-state index contributed by atoms with van der Waals surface area (Å²) in [4.78, 5) is 14.6. The maximum Gasteiger partial charge on any atom is 0.232 e. The number of carbonyl (C=O) groups excluding carboxylic acids is 1. The zero-order valence-electron chi connectivity index (χ0n) is 13.6. The topological polar surface area (TPSA) is 70.0 Å². The van der Waals surface area contributed by atoms with E-state index in [1.165, 1.54) is 12.1 Å². The molecule has 5 nitrogen and oxygen atoms in total. The van der Waals surface area contributed by atoms with Crippen LogP contribution in [0.15, 0.2) is 42.2 Å². The van der Waals surface area contributed by atoms with E-state index in [-0.39, 0.29) is 28.6 Å². The van der Waals surface area contributed by atoms with Crippen molar-refractivity contribution in [2.45, 2.75) is 13.8 Å². The molecule has 0 atom stereocenters. The van der Waals surface area contributed by atoms with E-state index in [9.17, 15) is 15.0 Å². The van der Waals surface area contributed by atoms with E-state index in [0.717, 1.165) is 24.3 Å². The smallest absolute Gasteiger partial charge is 0.232 e. The van der Waals surface area contributed by atoms with Crippen molar-refractivity contribution < 1.29 is 19.7 Å². The van der Waals surface area contributed by atoms with Crippen LogP contribution in [-0.2, 0) is 0 Å². The minimum atomic E-state index is -0.416. The van der Waals surface area contributed by atoms with Gasteiger partial charge in [0.05, 0.1) is 5.56 Å². The summed E-state index contributed by atoms with van der Waals surface area (Å²) in [5.41, 5.74) is 2.19. The lowest BCUT2D eigenvalue weighted by molar-refractivity contribution is 0.101. The van der Waals surface area contributed by atoms with Gasteiger partial charge in [-0.1, -0.05) is 12.1 Å². The van der Waals surface area contributed by atoms with Crippen molar-refractivity contribution in [1.29, 1.82) is 0 Å². The number of rotatable bonds is 4. The predicted molar refractivity (Wildman–Crippen MR) is 92.7 cm³/mol. The second-order valence-corrected chi connectivity index (χ2v) is 5.51. The summed E-state index contributed by atoms with van der Waals surface area (Å²) in [7, 11) is 0. The molecule has 0 unspecified atom stereocenters. The molecule has 1 aliphatic heterocycles. The van der Waals surface area contributed by atoms with E-state index in [1.54, 1.807) is 6.08 Å². The summed E-state index contributed by atoms with van der Waals surface area (Å²) in [6.45, 7) is 6.06. The van der Waals surface area contributed by atoms with Gasteiger partial charge in [-0.05, 0) is 49.8 Å². The second-order valence-electron chi connectivity index (χ2n) is 5.51. The summed E-state index contributed by atoms with van der Waals surface area (Å²) in [5, 5.41) is 19.3. The third-order valence-corrected chi connectivity index (χ3v) is 4.11. The number of aromatic hydroxyl groups is 2. The Morgan fingerprint density at radius 1 is 1.04 bits per heavy atom. The Morgan fingerprint density at radius 3 is 2.33 bits per heavy atom. The van der Waals surface area contributed by atoms with Gasteiger partial charge >= 0.3 is 0 Å². The van der Waals surface area contributed by atoms with E-state index in [0.29, 0.717) is 0 Å². The van der Waals surface area contributed by atoms with Crippen LogP contribution in [0.4, 0.5) is 5.69 Å². The highest BCUT2D eigenvalue weighted by Crippen LogP contribution is 2.44. The molecule has 0 aromatic heterocycles. The number of benzene rings is 2. The predicted octanol–water partition coefficient (Wildman–Crippen LogP) is 3.56. The monoisotopic (exact) mass is 325 g/mol. The average Bonchev–Trinajstić information content (AvgIpc) is 2.91. The number of phenolic OH excluding ortho intramolecular Hbond substituents is 2. The molecule has 1 heterocycles. The largest absolute Gasteiger partial charge is 0.504 e. The SMILES string of the molecule is CCN(CC)c1ccc(/C=C2\Oc3c(ccc(O)c3O)C2=O)cc1. The van der Waals surface area contributed by atoms with Crippen molar-refractivity contribution in [3.8, 4) is 17.2 Å². The number of anilines is 1. The Balaban J connectivity index is 1.88. The zero-order valence-corrected chi connectivity index (χ0v) is 13.6. The molecule has 0 saturated carbocycles. The molecule has 5 heteroatoms. The second kappa shape index (κ2) is 6.28. The van der Waals surface area contributed by atoms with Gasteiger partial charge in [0.1, 0.15) is 0 Å². The number of hydrogen-bond donors (Lipinski definition) is 2. The lowest BCUT2D eigenvalue weighted by Crippen LogP contribution is -2.21. The Kier molecular flexibility index (Phi) is 4.16. The summed E-state index contributed by atoms with van der Waals surface area (Å²) < 4.78 is 5.45. The number of carbonyl (C=O) groups is 1. The molecule has 0 amide bonds. The Bertz CT molecular complexity index is 805. The van der Waals surface area contributed by atoms with Gasteiger partial charge in [-0.3, -0.25) is 4.79 Å². The molecule has 124 valence electrons. The quantitative estimate of drug-likeness (QED) is 0.664. The molecule has 0 spiro atoms. The normalized spacial score (nSPS) is 14.6. The molecule has 0 saturated heterocycles. The number of ether oxygens (including phenoxy) is 1. The number of hydrogen-bond acceptors (Lipinski definition) is 5. The first-order valence-corrected chi connectivity index (χ1v) is 7.89. The summed E-state index contributed by atoms with van der Waals surface area (Å²) in [6.07, 6.45) is 1.63. The molecule has 0 aliphatic carbocycles. The Morgan fingerprint density at radius 2 is 1.71 bits per heavy atom. The Labute approximate surface area is 140 Å². The van der Waals surface area contributed by atoms with Gasteiger partial charge in [-0.15, -0.1) is 0 Å². The molecule has 1 aliphatic rings. The first-order chi connectivity index (χ1) is 11.5. The van der Waals surface area contributed by atoms with E-state index in [1.807, 2.05) is 24.3 Å². The lowest BCUT2D eigenvalue weighted by Gasteiger charge is -2.20. The number of allylic oxidation sites excluding steroid dienone is 1. The van der Waals surface area contributed by atoms with Crippen LogP contribution < -0.4 is 9.64 Å². The highest BCUT2D eigenvalue weighted by molar-refractivity contribution is 6.15. The molecule has 24 heavy (non-hydrogen) atoms. The van der Waals surface area contributed by atoms with Crippen molar-refractivity contribution in [3.63, 3.8) is 0 Å². The third-order valence-electron chi connectivity index (χ3n) is 4.11. The highest BCUT2D eigenvalue weighted by atomic mass is 16.5. The molecule has 0 bridgehead atoms. The van der Waals surface area contributed by atoms with Crippen LogP contribution in [-0.4, -0.2) is 29.1 Å². The van der Waals surface area contributed by atoms with Gasteiger partial charge in [-0.25, -0.2) is 0 Å². The standard InChI is InChI=1S/C19H19NO4/c1-3-20(4-2)13-7-5-12(6-8-13)11-16-17(22)14-9-10-15(21)18(23)19(14)24-16/h5-11,21,23H,3-4H2,1-2H3/b16-11-. The minimum Gasteiger partial charge on any atom is -0.504 e. The number of Topliss-reactive ketones (excluding diaryl/α,β-unsaturated/α-hetero) is 1. The van der Waals surface area contributed by atoms with Crippen LogP contribution in [0.5, 0.6) is 17.2 Å². The van der Waals surface area contributed by atoms with Crippen LogP contribution in [0.1, 0.15) is 29.8 Å². The number of nitrogens with zero attached hydrogens (tertiary/aromatic N) is 1. The van der Waals surface area contributed by atoms with Crippen molar-refractivity contribution in [2.75, 3.05) is 18.0 Å². The van der Waals surface area contributed by atoms with Crippen LogP contribution >= 0.6 is 0 Å². The van der Waals surface area contributed by atoms with E-state index in [2.05, 4.69) is 18.7 Å². The maximum absolute atomic E-state index is 12.3. The average molecular weight is 325 g/mol. The molecule has 3 rings (SSSR count). The molecule has 2 aromatic rings. The number of fused-ring (bicyclic) bond motifs is 1. The van der Waals surface area contributed by atoms with Crippen molar-refractivity contribution in [1.82, 2.24) is 0 Å². The summed E-state index contributed by atoms with van der Waals surface area (Å²) >= 11 is 0. The highest BCUT2D eigenvalue weighted by Gasteiger charge is 2.31. The molecule has 0 radical (unpaired) electrons. The van der Waals surface area contributed by atoms with Crippen LogP contribution in [0.2, 0.25) is 0 Å². The van der Waals surface area contributed by atoms with Crippen LogP contribution in [0, 0.1) is 0 Å². The van der Waals surface area contributed by atoms with Gasteiger partial charge in [-0.2, -0.15) is 0 Å². The zero-order chi connectivity index (χ0) is 17.3. The van der Waals surface area contributed by atoms with Gasteiger partial charge in [0.15, 0.2) is 17.3 Å². The van der Waals surface area contributed by atoms with Crippen LogP contribution in [0.25, 0.3) is 6.08 Å². The fourth-order valence-electron chi connectivity index (χ4n) is 2.75. The van der Waals surface area contributed by atoms with Crippen molar-refractivity contribution >= 4 is 17.5 Å². The lowest BCUT2D eigenvalue weighted by atomic mass is 10.1. The number of ketones is 1. The van der Waals surface area contributed by atoms with Crippen LogP contribution in [0.3, 0.4) is 0 Å². The fraction of sp³-hybridized carbons (Fsp3) is 0.211. The van der Waals surface area contributed by atoms with Gasteiger partial charge in [0.25, 0.3) is 0 Å². The molecular weight excluding hydrogens is 306 g/mol. The summed E-state index contributed by atoms with van der Waals surface area (Å²) in [5.74, 6) is -0.909. The first-order valence-electron chi connectivity index (χ1n) is 7.89. The molecule has 2 aromatic carbocycles. The third kappa shape index (κ3) is 2.69. The molecule has 2 N–H and O–H groups in total. The van der Waals surface area contributed by atoms with Crippen molar-refractivity contribution in [3.05, 3.63) is 53.3 Å². The van der Waals surface area contributed by atoms with E-state index >= 15 is 0 Å². The Hall–Kier alpha value is -2.95. The first kappa shape index (κ1) is 15.9. The van der Waals surface area contributed by atoms with E-state index < -0.39 is 5.75 Å². The maximum atomic E-state index is 12.3. The minimum absolute atomic E-state index is 0.00557. The summed E-state index contributed by atoms with van der Waals surface area (Å²) in [6, 6.07) is 10.5. The number of phenols is 2. The fourth-order valence-corrected chi connectivity index (χ4v) is 2.75. The van der Waals surface area contributed by atoms with Gasteiger partial charge < -0.3 is 19.8 Å².